The molecule has 0 bridgehead atoms. The Labute approximate surface area is 89.3 Å². The third-order valence-electron chi connectivity index (χ3n) is 3.52. The smallest absolute Gasteiger partial charge is 0.244 e. The van der Waals surface area contributed by atoms with Crippen LogP contribution in [0.15, 0.2) is 0 Å². The molecule has 2 unspecified atom stereocenters. The number of rotatable bonds is 1. The highest BCUT2D eigenvalue weighted by Crippen LogP contribution is 2.28. The van der Waals surface area contributed by atoms with Crippen molar-refractivity contribution in [1.82, 2.24) is 20.5 Å². The zero-order valence-electron chi connectivity index (χ0n) is 9.03. The van der Waals surface area contributed by atoms with Gasteiger partial charge in [-0.2, -0.15) is 4.98 Å². The van der Waals surface area contributed by atoms with Crippen LogP contribution in [0.2, 0.25) is 0 Å². The summed E-state index contributed by atoms with van der Waals surface area (Å²) in [5.74, 6) is 2.57. The fourth-order valence-electron chi connectivity index (χ4n) is 2.78. The molecule has 1 aromatic rings. The second-order valence-electron chi connectivity index (χ2n) is 4.54. The van der Waals surface area contributed by atoms with E-state index in [-0.39, 0.29) is 0 Å². The molecule has 5 heteroatoms. The third kappa shape index (κ3) is 1.51. The van der Waals surface area contributed by atoms with Gasteiger partial charge in [-0.05, 0) is 25.7 Å². The maximum Gasteiger partial charge on any atom is 0.244 e. The van der Waals surface area contributed by atoms with Gasteiger partial charge < -0.3 is 10.2 Å². The lowest BCUT2D eigenvalue weighted by Gasteiger charge is -2.36. The number of aryl methyl sites for hydroxylation is 1. The van der Waals surface area contributed by atoms with E-state index in [0.29, 0.717) is 6.04 Å². The summed E-state index contributed by atoms with van der Waals surface area (Å²) < 4.78 is 0. The van der Waals surface area contributed by atoms with Crippen LogP contribution in [0.5, 0.6) is 0 Å². The minimum Gasteiger partial charge on any atom is -0.335 e. The fraction of sp³-hybridized carbons (Fsp3) is 0.800. The van der Waals surface area contributed by atoms with E-state index in [1.54, 1.807) is 0 Å². The van der Waals surface area contributed by atoms with Gasteiger partial charge in [-0.3, -0.25) is 5.10 Å². The molecule has 0 spiro atoms. The Hall–Kier alpha value is -1.10. The molecule has 0 saturated carbocycles. The lowest BCUT2D eigenvalue weighted by Crippen LogP contribution is -2.45. The average Bonchev–Trinajstić information content (AvgIpc) is 2.84. The topological polar surface area (TPSA) is 56.8 Å². The largest absolute Gasteiger partial charge is 0.335 e. The SMILES string of the molecule is Cc1nc(N2CCCC3CNCC32)n[nH]1. The lowest BCUT2D eigenvalue weighted by atomic mass is 9.92. The summed E-state index contributed by atoms with van der Waals surface area (Å²) in [4.78, 5) is 6.79. The standard InChI is InChI=1S/C10H17N5/c1-7-12-10(14-13-7)15-4-2-3-8-5-11-6-9(8)15/h8-9,11H,2-6H2,1H3,(H,12,13,14). The molecule has 2 fully saturated rings. The van der Waals surface area contributed by atoms with Crippen LogP contribution >= 0.6 is 0 Å². The normalized spacial score (nSPS) is 30.6. The van der Waals surface area contributed by atoms with Crippen LogP contribution in [-0.4, -0.2) is 40.9 Å². The molecule has 2 N–H and O–H groups in total. The van der Waals surface area contributed by atoms with Crippen molar-refractivity contribution < 1.29 is 0 Å². The van der Waals surface area contributed by atoms with E-state index >= 15 is 0 Å². The Morgan fingerprint density at radius 3 is 3.13 bits per heavy atom. The number of aromatic amines is 1. The molecule has 82 valence electrons. The highest BCUT2D eigenvalue weighted by Gasteiger charge is 2.36. The van der Waals surface area contributed by atoms with Crippen LogP contribution in [0.3, 0.4) is 0 Å². The molecular weight excluding hydrogens is 190 g/mol. The van der Waals surface area contributed by atoms with Crippen molar-refractivity contribution >= 4 is 5.95 Å². The molecule has 0 amide bonds. The average molecular weight is 207 g/mol. The number of hydrogen-bond donors (Lipinski definition) is 2. The van der Waals surface area contributed by atoms with E-state index in [0.717, 1.165) is 37.3 Å². The van der Waals surface area contributed by atoms with E-state index in [4.69, 9.17) is 0 Å². The van der Waals surface area contributed by atoms with E-state index in [2.05, 4.69) is 25.4 Å². The van der Waals surface area contributed by atoms with Crippen LogP contribution in [0, 0.1) is 12.8 Å². The quantitative estimate of drug-likeness (QED) is 0.695. The fourth-order valence-corrected chi connectivity index (χ4v) is 2.78. The van der Waals surface area contributed by atoms with Gasteiger partial charge in [0.2, 0.25) is 5.95 Å². The van der Waals surface area contributed by atoms with Gasteiger partial charge in [0.1, 0.15) is 5.82 Å². The van der Waals surface area contributed by atoms with Gasteiger partial charge in [0, 0.05) is 25.7 Å². The second kappa shape index (κ2) is 3.48. The Bertz CT molecular complexity index is 347. The van der Waals surface area contributed by atoms with Crippen molar-refractivity contribution in [2.75, 3.05) is 24.5 Å². The second-order valence-corrected chi connectivity index (χ2v) is 4.54. The Kier molecular flexibility index (Phi) is 2.12. The first-order valence-corrected chi connectivity index (χ1v) is 5.71. The van der Waals surface area contributed by atoms with E-state index in [1.807, 2.05) is 6.92 Å². The summed E-state index contributed by atoms with van der Waals surface area (Å²) in [7, 11) is 0. The zero-order chi connectivity index (χ0) is 10.3. The van der Waals surface area contributed by atoms with Gasteiger partial charge in [0.25, 0.3) is 0 Å². The molecule has 5 nitrogen and oxygen atoms in total. The maximum atomic E-state index is 4.43. The maximum absolute atomic E-state index is 4.43. The summed E-state index contributed by atoms with van der Waals surface area (Å²) in [6.07, 6.45) is 2.61. The van der Waals surface area contributed by atoms with Crippen molar-refractivity contribution in [2.24, 2.45) is 5.92 Å². The Balaban J connectivity index is 1.85. The van der Waals surface area contributed by atoms with Crippen LogP contribution in [0.25, 0.3) is 0 Å². The van der Waals surface area contributed by atoms with Gasteiger partial charge >= 0.3 is 0 Å². The molecule has 1 aromatic heterocycles. The third-order valence-corrected chi connectivity index (χ3v) is 3.52. The number of nitrogens with zero attached hydrogens (tertiary/aromatic N) is 3. The van der Waals surface area contributed by atoms with Crippen LogP contribution in [0.1, 0.15) is 18.7 Å². The molecule has 3 heterocycles. The number of nitrogens with one attached hydrogen (secondary N) is 2. The van der Waals surface area contributed by atoms with Crippen LogP contribution in [-0.2, 0) is 0 Å². The molecule has 2 aliphatic rings. The summed E-state index contributed by atoms with van der Waals surface area (Å²) in [6.45, 7) is 5.29. The molecular formula is C10H17N5. The van der Waals surface area contributed by atoms with Gasteiger partial charge in [-0.15, -0.1) is 5.10 Å². The highest BCUT2D eigenvalue weighted by atomic mass is 15.4. The lowest BCUT2D eigenvalue weighted by molar-refractivity contribution is 0.381. The number of fused-ring (bicyclic) bond motifs is 1. The van der Waals surface area contributed by atoms with Crippen molar-refractivity contribution in [3.63, 3.8) is 0 Å². The first-order chi connectivity index (χ1) is 7.34. The van der Waals surface area contributed by atoms with Crippen molar-refractivity contribution in [3.8, 4) is 0 Å². The minimum atomic E-state index is 0.606. The molecule has 2 saturated heterocycles. The molecule has 2 atom stereocenters. The first-order valence-electron chi connectivity index (χ1n) is 5.71. The van der Waals surface area contributed by atoms with Crippen LogP contribution in [0.4, 0.5) is 5.95 Å². The molecule has 15 heavy (non-hydrogen) atoms. The number of aromatic nitrogens is 3. The number of anilines is 1. The van der Waals surface area contributed by atoms with Gasteiger partial charge in [-0.1, -0.05) is 0 Å². The van der Waals surface area contributed by atoms with Crippen LogP contribution < -0.4 is 10.2 Å². The molecule has 0 radical (unpaired) electrons. The van der Waals surface area contributed by atoms with Crippen molar-refractivity contribution in [2.45, 2.75) is 25.8 Å². The predicted molar refractivity (Wildman–Crippen MR) is 57.8 cm³/mol. The Morgan fingerprint density at radius 1 is 1.40 bits per heavy atom. The molecule has 3 rings (SSSR count). The van der Waals surface area contributed by atoms with Gasteiger partial charge in [0.05, 0.1) is 0 Å². The summed E-state index contributed by atoms with van der Waals surface area (Å²) in [5, 5.41) is 10.6. The van der Waals surface area contributed by atoms with E-state index < -0.39 is 0 Å². The summed E-state index contributed by atoms with van der Waals surface area (Å²) >= 11 is 0. The summed E-state index contributed by atoms with van der Waals surface area (Å²) in [6, 6.07) is 0.606. The highest BCUT2D eigenvalue weighted by molar-refractivity contribution is 5.33. The van der Waals surface area contributed by atoms with Gasteiger partial charge in [0.15, 0.2) is 0 Å². The molecule has 0 aliphatic carbocycles. The van der Waals surface area contributed by atoms with Crippen molar-refractivity contribution in [1.29, 1.82) is 0 Å². The molecule has 2 aliphatic heterocycles. The van der Waals surface area contributed by atoms with Crippen molar-refractivity contribution in [3.05, 3.63) is 5.82 Å². The zero-order valence-corrected chi connectivity index (χ0v) is 9.03. The van der Waals surface area contributed by atoms with E-state index in [1.165, 1.54) is 12.8 Å². The molecule has 0 aromatic carbocycles. The Morgan fingerprint density at radius 2 is 2.33 bits per heavy atom. The number of H-pyrrole nitrogens is 1. The predicted octanol–water partition coefficient (Wildman–Crippen LogP) is 0.301. The van der Waals surface area contributed by atoms with Gasteiger partial charge in [-0.25, -0.2) is 0 Å². The summed E-state index contributed by atoms with van der Waals surface area (Å²) in [5.41, 5.74) is 0. The number of piperidine rings is 1. The van der Waals surface area contributed by atoms with E-state index in [9.17, 15) is 0 Å². The number of hydrogen-bond acceptors (Lipinski definition) is 4. The first kappa shape index (κ1) is 9.15. The monoisotopic (exact) mass is 207 g/mol. The minimum absolute atomic E-state index is 0.606.